The molecule has 468 valence electrons. The molecule has 32 heteroatoms. The van der Waals surface area contributed by atoms with Gasteiger partial charge in [0.1, 0.15) is 55.3 Å². The van der Waals surface area contributed by atoms with Gasteiger partial charge >= 0.3 is 12.0 Å². The predicted molar refractivity (Wildman–Crippen MR) is 289 cm³/mol. The van der Waals surface area contributed by atoms with Gasteiger partial charge in [-0.2, -0.15) is 0 Å². The highest BCUT2D eigenvalue weighted by molar-refractivity contribution is 5.98. The van der Waals surface area contributed by atoms with Gasteiger partial charge < -0.3 is 113 Å². The van der Waals surface area contributed by atoms with Gasteiger partial charge in [0.15, 0.2) is 6.10 Å². The zero-order valence-corrected chi connectivity index (χ0v) is 47.5. The molecule has 0 radical (unpaired) electrons. The van der Waals surface area contributed by atoms with Crippen LogP contribution in [0.4, 0.5) is 10.5 Å². The van der Waals surface area contributed by atoms with E-state index >= 15 is 0 Å². The second-order valence-electron chi connectivity index (χ2n) is 20.1. The van der Waals surface area contributed by atoms with Crippen molar-refractivity contribution in [3.05, 3.63) is 29.8 Å². The Morgan fingerprint density at radius 1 is 0.598 bits per heavy atom. The van der Waals surface area contributed by atoms with E-state index in [1.807, 2.05) is 13.8 Å². The minimum Gasteiger partial charge on any atom is -0.468 e. The zero-order chi connectivity index (χ0) is 62.7. The maximum absolute atomic E-state index is 14.0. The Bertz CT molecular complexity index is 2170. The number of ether oxygens (including phenoxy) is 1. The van der Waals surface area contributed by atoms with Gasteiger partial charge in [-0.15, -0.1) is 0 Å². The Hall–Kier alpha value is -6.27. The molecule has 0 aliphatic carbocycles. The Balaban J connectivity index is 3.29. The molecule has 2 unspecified atom stereocenters. The number of nitrogens with zero attached hydrogens (tertiary/aromatic N) is 5. The molecular weight excluding hydrogens is 1090 g/mol. The smallest absolute Gasteiger partial charge is 0.325 e. The molecule has 0 spiro atoms. The first-order valence-corrected chi connectivity index (χ1v) is 26.2. The number of carbonyl (C=O) groups is 9. The Labute approximate surface area is 475 Å². The summed E-state index contributed by atoms with van der Waals surface area (Å²) in [5, 5.41) is 125. The van der Waals surface area contributed by atoms with Crippen molar-refractivity contribution in [3.63, 3.8) is 0 Å². The molecule has 32 nitrogen and oxygen atoms in total. The van der Waals surface area contributed by atoms with Gasteiger partial charge in [-0.25, -0.2) is 4.79 Å². The monoisotopic (exact) mass is 1180 g/mol. The van der Waals surface area contributed by atoms with Gasteiger partial charge in [0, 0.05) is 53.5 Å². The molecule has 0 aliphatic heterocycles. The van der Waals surface area contributed by atoms with Crippen LogP contribution in [0, 0.1) is 5.92 Å². The van der Waals surface area contributed by atoms with Crippen LogP contribution in [0.3, 0.4) is 0 Å². The number of esters is 1. The SMILES string of the molecule is CN[C@H](C(=O)N[C@@H](CCCNC(N)=O)C(=O)Nc1ccc(C(O)C(=O)N(C)CC(=O)N(C)CC(=O)NC(CCCN(C[C@H](O)[C@@H](O)[C@H](O)[C@H](O)CO)C[C@H](O)[C@@H](O)[C@H](O)[C@H](O)CO)C(=O)N(C)CC(=O)N(C)CC(=O)OC)cc1)C(C)C. The van der Waals surface area contributed by atoms with Crippen molar-refractivity contribution in [1.29, 1.82) is 0 Å². The van der Waals surface area contributed by atoms with Gasteiger partial charge in [0.2, 0.25) is 35.4 Å². The summed E-state index contributed by atoms with van der Waals surface area (Å²) in [6.07, 6.45) is -17.9. The van der Waals surface area contributed by atoms with E-state index in [0.29, 0.717) is 0 Å². The summed E-state index contributed by atoms with van der Waals surface area (Å²) in [5.41, 5.74) is 5.42. The van der Waals surface area contributed by atoms with Gasteiger partial charge in [-0.05, 0) is 62.9 Å². The number of anilines is 1. The van der Waals surface area contributed by atoms with Crippen molar-refractivity contribution >= 4 is 59.0 Å². The molecule has 0 saturated heterocycles. The summed E-state index contributed by atoms with van der Waals surface area (Å²) in [6.45, 7) is -2.31. The Kier molecular flexibility index (Phi) is 33.3. The number of nitrogens with two attached hydrogens (primary N) is 1. The molecule has 0 heterocycles. The number of aliphatic hydroxyl groups excluding tert-OH is 11. The maximum Gasteiger partial charge on any atom is 0.325 e. The highest BCUT2D eigenvalue weighted by atomic mass is 16.5. The van der Waals surface area contributed by atoms with Crippen molar-refractivity contribution < 1.29 is 104 Å². The standard InChI is InChI=1S/C50H87N11O21/c1-27(2)40(52-3)47(78)56-30(11-9-17-53-50(51)81)46(77)54-29-15-13-28(14-16-29)41(72)49(80)60(7)23-37(69)57(4)21-36(68)55-31(48(79)59(6)22-38(70)58(5)24-39(71)82-8)12-10-18-61(19-32(64)42(73)44(75)34(66)25-62)20-33(65)43(74)45(76)35(67)26-63/h13-16,27,30-35,40-45,52,62-67,72-76H,9-12,17-26H2,1-8H3,(H,54,77)(H,55,68)(H,56,78)(H3,51,53,81)/t30-,31?,32-,33-,34+,35+,40-,41?,42+,43+,44+,45+/m0/s1. The second kappa shape index (κ2) is 37.0. The molecule has 1 rings (SSSR count). The van der Waals surface area contributed by atoms with Crippen LogP contribution in [-0.4, -0.2) is 309 Å². The van der Waals surface area contributed by atoms with E-state index in [1.165, 1.54) is 57.4 Å². The lowest BCUT2D eigenvalue weighted by molar-refractivity contribution is -0.147. The number of primary amides is 1. The molecule has 1 aromatic carbocycles. The number of hydrogen-bond acceptors (Lipinski definition) is 23. The van der Waals surface area contributed by atoms with Gasteiger partial charge in [0.05, 0.1) is 58.2 Å². The summed E-state index contributed by atoms with van der Waals surface area (Å²) in [6, 6.07) is 1.54. The number of aliphatic hydroxyl groups is 11. The number of carbonyl (C=O) groups excluding carboxylic acids is 9. The van der Waals surface area contributed by atoms with Gasteiger partial charge in [-0.1, -0.05) is 26.0 Å². The number of benzene rings is 1. The summed E-state index contributed by atoms with van der Waals surface area (Å²) >= 11 is 0. The first-order valence-electron chi connectivity index (χ1n) is 26.2. The number of rotatable bonds is 38. The van der Waals surface area contributed by atoms with Gasteiger partial charge in [0.25, 0.3) is 5.91 Å². The van der Waals surface area contributed by atoms with Crippen LogP contribution in [0.25, 0.3) is 0 Å². The molecule has 1 aromatic rings. The van der Waals surface area contributed by atoms with Crippen LogP contribution in [0.5, 0.6) is 0 Å². The van der Waals surface area contributed by atoms with Crippen molar-refractivity contribution in [3.8, 4) is 0 Å². The van der Waals surface area contributed by atoms with E-state index in [9.17, 15) is 99.3 Å². The third kappa shape index (κ3) is 25.1. The molecule has 12 atom stereocenters. The molecule has 9 amide bonds. The van der Waals surface area contributed by atoms with Crippen molar-refractivity contribution in [2.75, 3.05) is 113 Å². The molecule has 0 saturated carbocycles. The van der Waals surface area contributed by atoms with Gasteiger partial charge in [-0.3, -0.25) is 43.3 Å². The molecule has 0 aliphatic rings. The number of methoxy groups -OCH3 is 1. The first kappa shape index (κ1) is 73.7. The molecule has 0 aromatic heterocycles. The highest BCUT2D eigenvalue weighted by Crippen LogP contribution is 2.20. The molecule has 0 fully saturated rings. The van der Waals surface area contributed by atoms with Crippen LogP contribution in [0.2, 0.25) is 0 Å². The topological polar surface area (TPSA) is 488 Å². The third-order valence-corrected chi connectivity index (χ3v) is 13.1. The Morgan fingerprint density at radius 3 is 1.54 bits per heavy atom. The second-order valence-corrected chi connectivity index (χ2v) is 20.1. The zero-order valence-electron chi connectivity index (χ0n) is 47.5. The van der Waals surface area contributed by atoms with E-state index in [0.717, 1.165) is 26.7 Å². The lowest BCUT2D eigenvalue weighted by Gasteiger charge is -2.34. The lowest BCUT2D eigenvalue weighted by Crippen LogP contribution is -2.54. The van der Waals surface area contributed by atoms with Crippen molar-refractivity contribution in [2.45, 2.75) is 113 Å². The van der Waals surface area contributed by atoms with E-state index in [-0.39, 0.29) is 55.9 Å². The number of urea groups is 1. The van der Waals surface area contributed by atoms with Crippen molar-refractivity contribution in [1.82, 2.24) is 45.8 Å². The third-order valence-electron chi connectivity index (χ3n) is 13.1. The van der Waals surface area contributed by atoms with E-state index in [4.69, 9.17) is 5.73 Å². The number of amides is 9. The normalized spacial score (nSPS) is 15.9. The van der Waals surface area contributed by atoms with E-state index in [2.05, 4.69) is 31.3 Å². The van der Waals surface area contributed by atoms with Crippen LogP contribution in [0.15, 0.2) is 24.3 Å². The number of likely N-dealkylation sites (N-methyl/N-ethyl adjacent to an activating group) is 5. The predicted octanol–water partition coefficient (Wildman–Crippen LogP) is -8.72. The Morgan fingerprint density at radius 2 is 1.07 bits per heavy atom. The van der Waals surface area contributed by atoms with Crippen LogP contribution in [0.1, 0.15) is 51.2 Å². The molecular formula is C50H87N11O21. The lowest BCUT2D eigenvalue weighted by atomic mass is 10.0. The summed E-state index contributed by atoms with van der Waals surface area (Å²) in [7, 11) is 7.58. The van der Waals surface area contributed by atoms with Crippen LogP contribution in [-0.2, 0) is 43.1 Å². The average Bonchev–Trinajstić information content (AvgIpc) is 3.48. The van der Waals surface area contributed by atoms with Crippen LogP contribution < -0.4 is 32.3 Å². The maximum atomic E-state index is 14.0. The fourth-order valence-corrected chi connectivity index (χ4v) is 8.01. The highest BCUT2D eigenvalue weighted by Gasteiger charge is 2.36. The average molecular weight is 1180 g/mol. The first-order chi connectivity index (χ1) is 38.3. The summed E-state index contributed by atoms with van der Waals surface area (Å²) < 4.78 is 4.58. The number of hydrogen-bond donors (Lipinski definition) is 17. The van der Waals surface area contributed by atoms with E-state index in [1.54, 1.807) is 7.05 Å². The minimum absolute atomic E-state index is 0.0581. The fraction of sp³-hybridized carbons (Fsp3) is 0.700. The summed E-state index contributed by atoms with van der Waals surface area (Å²) in [5.74, 6) is -6.22. The summed E-state index contributed by atoms with van der Waals surface area (Å²) in [4.78, 5) is 122. The largest absolute Gasteiger partial charge is 0.468 e. The molecule has 82 heavy (non-hydrogen) atoms. The molecule has 18 N–H and O–H groups in total. The van der Waals surface area contributed by atoms with Crippen LogP contribution >= 0.6 is 0 Å². The minimum atomic E-state index is -2.10. The van der Waals surface area contributed by atoms with Crippen molar-refractivity contribution in [2.24, 2.45) is 11.7 Å². The number of nitrogens with one attached hydrogen (secondary N) is 5. The van der Waals surface area contributed by atoms with E-state index < -0.39 is 179 Å². The quantitative estimate of drug-likeness (QED) is 0.0216. The molecule has 0 bridgehead atoms. The fourth-order valence-electron chi connectivity index (χ4n) is 8.01.